The molecule has 0 radical (unpaired) electrons. The number of nitrogens with two attached hydrogens (primary N) is 1. The van der Waals surface area contributed by atoms with Crippen LogP contribution in [0.3, 0.4) is 0 Å². The zero-order valence-corrected chi connectivity index (χ0v) is 24.1. The summed E-state index contributed by atoms with van der Waals surface area (Å²) in [6.45, 7) is 2.68. The first-order valence-electron chi connectivity index (χ1n) is 13.7. The van der Waals surface area contributed by atoms with E-state index in [0.29, 0.717) is 44.8 Å². The van der Waals surface area contributed by atoms with Crippen molar-refractivity contribution in [1.29, 1.82) is 0 Å². The van der Waals surface area contributed by atoms with E-state index in [9.17, 15) is 27.6 Å². The molecule has 3 aromatic rings. The fraction of sp³-hybridized carbons (Fsp3) is 0.393. The molecule has 44 heavy (non-hydrogen) atoms. The maximum Gasteiger partial charge on any atom is 0.435 e. The lowest BCUT2D eigenvalue weighted by Gasteiger charge is -2.36. The van der Waals surface area contributed by atoms with Crippen molar-refractivity contribution in [3.05, 3.63) is 57.8 Å². The van der Waals surface area contributed by atoms with Gasteiger partial charge in [0.15, 0.2) is 11.5 Å². The molecule has 4 heterocycles. The average Bonchev–Trinajstić information content (AvgIpc) is 3.75. The van der Waals surface area contributed by atoms with Gasteiger partial charge in [0.2, 0.25) is 0 Å². The van der Waals surface area contributed by atoms with Crippen LogP contribution in [0.25, 0.3) is 11.3 Å². The summed E-state index contributed by atoms with van der Waals surface area (Å²) in [7, 11) is 0. The average molecular weight is 632 g/mol. The molecule has 0 saturated carbocycles. The summed E-state index contributed by atoms with van der Waals surface area (Å²) in [5.41, 5.74) is 5.28. The number of halogens is 4. The molecular weight excluding hydrogens is 603 g/mol. The summed E-state index contributed by atoms with van der Waals surface area (Å²) < 4.78 is 40.5. The highest BCUT2D eigenvalue weighted by molar-refractivity contribution is 6.33. The van der Waals surface area contributed by atoms with Gasteiger partial charge >= 0.3 is 12.2 Å². The van der Waals surface area contributed by atoms with E-state index in [1.165, 1.54) is 0 Å². The fourth-order valence-electron chi connectivity index (χ4n) is 5.21. The first-order valence-corrected chi connectivity index (χ1v) is 14.1. The minimum Gasteiger partial charge on any atom is -0.345 e. The molecule has 232 valence electrons. The highest BCUT2D eigenvalue weighted by atomic mass is 35.5. The molecule has 5 rings (SSSR count). The third kappa shape index (κ3) is 6.51. The molecule has 2 aromatic heterocycles. The first-order chi connectivity index (χ1) is 21.0. The normalized spacial score (nSPS) is 17.1. The number of hydrogen-bond acceptors (Lipinski definition) is 6. The van der Waals surface area contributed by atoms with Crippen molar-refractivity contribution in [2.75, 3.05) is 39.3 Å². The smallest absolute Gasteiger partial charge is 0.345 e. The van der Waals surface area contributed by atoms with Crippen molar-refractivity contribution >= 4 is 29.4 Å². The summed E-state index contributed by atoms with van der Waals surface area (Å²) in [5, 5.41) is 8.46. The number of urea groups is 1. The maximum absolute atomic E-state index is 13.5. The molecule has 1 aromatic carbocycles. The van der Waals surface area contributed by atoms with Crippen molar-refractivity contribution in [1.82, 2.24) is 40.2 Å². The van der Waals surface area contributed by atoms with Gasteiger partial charge < -0.3 is 30.7 Å². The van der Waals surface area contributed by atoms with Crippen LogP contribution in [-0.2, 0) is 19.1 Å². The van der Waals surface area contributed by atoms with E-state index in [1.54, 1.807) is 32.9 Å². The van der Waals surface area contributed by atoms with Crippen LogP contribution in [0.5, 0.6) is 0 Å². The molecule has 2 aliphatic rings. The number of aromatic amines is 2. The maximum atomic E-state index is 13.5. The largest absolute Gasteiger partial charge is 0.435 e. The van der Waals surface area contributed by atoms with Crippen molar-refractivity contribution in [3.63, 3.8) is 0 Å². The van der Waals surface area contributed by atoms with E-state index < -0.39 is 17.8 Å². The van der Waals surface area contributed by atoms with Gasteiger partial charge in [-0.2, -0.15) is 18.3 Å². The van der Waals surface area contributed by atoms with Gasteiger partial charge in [-0.05, 0) is 24.1 Å². The van der Waals surface area contributed by atoms with Crippen LogP contribution in [0.4, 0.5) is 18.0 Å². The second-order valence-electron chi connectivity index (χ2n) is 10.5. The Morgan fingerprint density at radius 2 is 1.86 bits per heavy atom. The highest BCUT2D eigenvalue weighted by Gasteiger charge is 2.39. The number of amides is 4. The van der Waals surface area contributed by atoms with Crippen LogP contribution in [0.2, 0.25) is 5.02 Å². The van der Waals surface area contributed by atoms with E-state index in [1.807, 2.05) is 0 Å². The van der Waals surface area contributed by atoms with E-state index >= 15 is 0 Å². The van der Waals surface area contributed by atoms with Gasteiger partial charge in [0, 0.05) is 51.9 Å². The Labute approximate surface area is 255 Å². The van der Waals surface area contributed by atoms with Crippen LogP contribution in [0, 0.1) is 12.3 Å². The number of rotatable bonds is 6. The molecule has 5 N–H and O–H groups in total. The lowest BCUT2D eigenvalue weighted by atomic mass is 10.1. The standard InChI is InChI=1S/C28H29ClF3N9O3/c1-2-3-20-22(23(38-37-20)28(30,31)32)21-14-34-24(36-21)25(42)35-13-16-4-5-18(19(29)12-16)26(43)39-8-10-40(11-9-39)27(44)41-7-6-17(33)15-41/h1,4-5,12,14,17H,3,6-11,13,15,33H2,(H,34,36)(H,35,42)(H,37,38)/t17-/m1/s1. The quantitative estimate of drug-likeness (QED) is 0.306. The van der Waals surface area contributed by atoms with Gasteiger partial charge in [0.25, 0.3) is 11.8 Å². The molecule has 2 saturated heterocycles. The van der Waals surface area contributed by atoms with Crippen LogP contribution in [0.1, 0.15) is 44.3 Å². The van der Waals surface area contributed by atoms with Crippen molar-refractivity contribution < 1.29 is 27.6 Å². The number of hydrogen-bond donors (Lipinski definition) is 4. The van der Waals surface area contributed by atoms with E-state index in [2.05, 4.69) is 31.4 Å². The summed E-state index contributed by atoms with van der Waals surface area (Å²) in [6.07, 6.45) is 2.26. The molecule has 12 nitrogen and oxygen atoms in total. The molecule has 2 aliphatic heterocycles. The number of aromatic nitrogens is 4. The fourth-order valence-corrected chi connectivity index (χ4v) is 5.49. The lowest BCUT2D eigenvalue weighted by Crippen LogP contribution is -2.54. The monoisotopic (exact) mass is 631 g/mol. The van der Waals surface area contributed by atoms with Gasteiger partial charge in [-0.1, -0.05) is 17.7 Å². The number of nitrogens with zero attached hydrogens (tertiary/aromatic N) is 5. The molecule has 2 fully saturated rings. The predicted octanol–water partition coefficient (Wildman–Crippen LogP) is 2.49. The topological polar surface area (TPSA) is 156 Å². The lowest BCUT2D eigenvalue weighted by molar-refractivity contribution is -0.140. The molecular formula is C28H29ClF3N9O3. The molecule has 0 bridgehead atoms. The summed E-state index contributed by atoms with van der Waals surface area (Å²) in [5.74, 6) is 1.11. The number of carbonyl (C=O) groups is 3. The minimum absolute atomic E-state index is 0.00543. The summed E-state index contributed by atoms with van der Waals surface area (Å²) in [6, 6.07) is 4.67. The number of likely N-dealkylation sites (tertiary alicyclic amines) is 1. The van der Waals surface area contributed by atoms with Crippen molar-refractivity contribution in [2.45, 2.75) is 31.6 Å². The number of alkyl halides is 3. The van der Waals surface area contributed by atoms with E-state index in [4.69, 9.17) is 23.8 Å². The van der Waals surface area contributed by atoms with Gasteiger partial charge in [0.05, 0.1) is 40.2 Å². The van der Waals surface area contributed by atoms with Gasteiger partial charge in [-0.15, -0.1) is 12.3 Å². The van der Waals surface area contributed by atoms with Gasteiger partial charge in [-0.25, -0.2) is 9.78 Å². The number of H-pyrrole nitrogens is 2. The van der Waals surface area contributed by atoms with Crippen molar-refractivity contribution in [2.24, 2.45) is 5.73 Å². The van der Waals surface area contributed by atoms with Crippen LogP contribution in [0.15, 0.2) is 24.4 Å². The molecule has 16 heteroatoms. The third-order valence-electron chi connectivity index (χ3n) is 7.50. The van der Waals surface area contributed by atoms with Gasteiger partial charge in [-0.3, -0.25) is 14.7 Å². The minimum atomic E-state index is -4.76. The SMILES string of the molecule is C#CCc1[nH]nc(C(F)(F)F)c1-c1cnc(C(=O)NCc2ccc(C(=O)N3CCN(C(=O)N4CC[C@@H](N)C4)CC3)c(Cl)c2)[nH]1. The number of piperazine rings is 1. The number of carbonyl (C=O) groups excluding carboxylic acids is 3. The Kier molecular flexibility index (Phi) is 8.84. The summed E-state index contributed by atoms with van der Waals surface area (Å²) in [4.78, 5) is 50.2. The van der Waals surface area contributed by atoms with Gasteiger partial charge in [0.1, 0.15) is 0 Å². The van der Waals surface area contributed by atoms with Crippen LogP contribution >= 0.6 is 11.6 Å². The van der Waals surface area contributed by atoms with Crippen LogP contribution in [-0.4, -0.2) is 98.0 Å². The molecule has 0 unspecified atom stereocenters. The Morgan fingerprint density at radius 1 is 1.14 bits per heavy atom. The Balaban J connectivity index is 1.18. The predicted molar refractivity (Wildman–Crippen MR) is 153 cm³/mol. The third-order valence-corrected chi connectivity index (χ3v) is 7.81. The van der Waals surface area contributed by atoms with Crippen LogP contribution < -0.4 is 11.1 Å². The molecule has 0 spiro atoms. The molecule has 1 atom stereocenters. The summed E-state index contributed by atoms with van der Waals surface area (Å²) >= 11 is 6.43. The zero-order chi connectivity index (χ0) is 31.6. The second-order valence-corrected chi connectivity index (χ2v) is 10.9. The van der Waals surface area contributed by atoms with E-state index in [-0.39, 0.29) is 64.3 Å². The second kappa shape index (κ2) is 12.6. The zero-order valence-electron chi connectivity index (χ0n) is 23.4. The molecule has 0 aliphatic carbocycles. The Bertz CT molecular complexity index is 1610. The number of benzene rings is 1. The van der Waals surface area contributed by atoms with Crippen molar-refractivity contribution in [3.8, 4) is 23.6 Å². The number of imidazole rings is 1. The number of terminal acetylenes is 1. The highest BCUT2D eigenvalue weighted by Crippen LogP contribution is 2.37. The molecule has 4 amide bonds. The van der Waals surface area contributed by atoms with E-state index in [0.717, 1.165) is 12.6 Å². The Morgan fingerprint density at radius 3 is 2.50 bits per heavy atom. The Hall–Kier alpha value is -4.55. The first kappa shape index (κ1) is 30.9. The number of nitrogens with one attached hydrogen (secondary N) is 3.